The van der Waals surface area contributed by atoms with Crippen LogP contribution in [0.5, 0.6) is 5.75 Å². The molecule has 3 aromatic rings. The summed E-state index contributed by atoms with van der Waals surface area (Å²) in [5.41, 5.74) is 1.80. The minimum Gasteiger partial charge on any atom is -0.494 e. The van der Waals surface area contributed by atoms with Crippen LogP contribution in [0, 0.1) is 0 Å². The van der Waals surface area contributed by atoms with Crippen molar-refractivity contribution in [1.82, 2.24) is 14.7 Å². The standard InChI is InChI=1S/C21H23ClN4O2/c1-25(2)12-4-14-28-19-9-7-17(8-10-19)23-21(27)20-11-13-26(24-20)18-6-3-5-16(22)15-18/h3,5-11,13,15H,4,12,14H2,1-2H3,(H,23,27). The van der Waals surface area contributed by atoms with Gasteiger partial charge in [-0.25, -0.2) is 4.68 Å². The molecule has 0 bridgehead atoms. The maximum Gasteiger partial charge on any atom is 0.276 e. The number of aromatic nitrogens is 2. The third-order valence-corrected chi connectivity index (χ3v) is 4.26. The molecule has 0 atom stereocenters. The first kappa shape index (κ1) is 19.9. The fourth-order valence-corrected chi connectivity index (χ4v) is 2.79. The second-order valence-electron chi connectivity index (χ2n) is 6.61. The van der Waals surface area contributed by atoms with Gasteiger partial charge in [-0.05, 0) is 69.0 Å². The molecule has 1 heterocycles. The van der Waals surface area contributed by atoms with Crippen LogP contribution >= 0.6 is 11.6 Å². The van der Waals surface area contributed by atoms with E-state index in [1.54, 1.807) is 29.1 Å². The van der Waals surface area contributed by atoms with Gasteiger partial charge in [-0.2, -0.15) is 5.10 Å². The van der Waals surface area contributed by atoms with E-state index in [4.69, 9.17) is 16.3 Å². The van der Waals surface area contributed by atoms with Gasteiger partial charge in [0, 0.05) is 23.5 Å². The second-order valence-corrected chi connectivity index (χ2v) is 7.05. The van der Waals surface area contributed by atoms with Gasteiger partial charge in [0.2, 0.25) is 0 Å². The van der Waals surface area contributed by atoms with Gasteiger partial charge in [-0.15, -0.1) is 0 Å². The summed E-state index contributed by atoms with van der Waals surface area (Å²) in [5.74, 6) is 0.502. The normalized spacial score (nSPS) is 10.9. The van der Waals surface area contributed by atoms with Crippen molar-refractivity contribution in [3.63, 3.8) is 0 Å². The van der Waals surface area contributed by atoms with Crippen molar-refractivity contribution in [1.29, 1.82) is 0 Å². The van der Waals surface area contributed by atoms with Crippen molar-refractivity contribution in [2.45, 2.75) is 6.42 Å². The van der Waals surface area contributed by atoms with Crippen LogP contribution in [0.4, 0.5) is 5.69 Å². The van der Waals surface area contributed by atoms with Gasteiger partial charge in [0.25, 0.3) is 5.91 Å². The van der Waals surface area contributed by atoms with Crippen LogP contribution in [-0.4, -0.2) is 47.8 Å². The topological polar surface area (TPSA) is 59.4 Å². The van der Waals surface area contributed by atoms with E-state index >= 15 is 0 Å². The molecule has 0 saturated heterocycles. The number of nitrogens with zero attached hydrogens (tertiary/aromatic N) is 3. The van der Waals surface area contributed by atoms with Crippen molar-refractivity contribution in [2.75, 3.05) is 32.6 Å². The minimum absolute atomic E-state index is 0.277. The summed E-state index contributed by atoms with van der Waals surface area (Å²) in [4.78, 5) is 14.6. The smallest absolute Gasteiger partial charge is 0.276 e. The highest BCUT2D eigenvalue weighted by Crippen LogP contribution is 2.17. The van der Waals surface area contributed by atoms with Crippen LogP contribution in [-0.2, 0) is 0 Å². The van der Waals surface area contributed by atoms with E-state index in [1.807, 2.05) is 50.5 Å². The SMILES string of the molecule is CN(C)CCCOc1ccc(NC(=O)c2ccn(-c3cccc(Cl)c3)n2)cc1. The van der Waals surface area contributed by atoms with Gasteiger partial charge in [-0.1, -0.05) is 17.7 Å². The Bertz CT molecular complexity index is 922. The number of amides is 1. The molecule has 0 aliphatic heterocycles. The van der Waals surface area contributed by atoms with Crippen LogP contribution in [0.3, 0.4) is 0 Å². The highest BCUT2D eigenvalue weighted by molar-refractivity contribution is 6.30. The summed E-state index contributed by atoms with van der Waals surface area (Å²) >= 11 is 6.01. The Hall–Kier alpha value is -2.83. The zero-order valence-corrected chi connectivity index (χ0v) is 16.7. The fourth-order valence-electron chi connectivity index (χ4n) is 2.61. The maximum atomic E-state index is 12.4. The van der Waals surface area contributed by atoms with Gasteiger partial charge >= 0.3 is 0 Å². The van der Waals surface area contributed by atoms with Crippen LogP contribution in [0.2, 0.25) is 5.02 Å². The summed E-state index contributed by atoms with van der Waals surface area (Å²) in [6.45, 7) is 1.64. The number of halogens is 1. The van der Waals surface area contributed by atoms with Gasteiger partial charge in [0.05, 0.1) is 12.3 Å². The van der Waals surface area contributed by atoms with Crippen molar-refractivity contribution in [2.24, 2.45) is 0 Å². The molecule has 28 heavy (non-hydrogen) atoms. The molecule has 0 unspecified atom stereocenters. The molecule has 0 saturated carbocycles. The molecule has 7 heteroatoms. The molecule has 146 valence electrons. The number of benzene rings is 2. The molecule has 6 nitrogen and oxygen atoms in total. The molecule has 0 spiro atoms. The number of rotatable bonds is 8. The minimum atomic E-state index is -0.277. The summed E-state index contributed by atoms with van der Waals surface area (Å²) in [6, 6.07) is 16.3. The highest BCUT2D eigenvalue weighted by atomic mass is 35.5. The average molecular weight is 399 g/mol. The molecule has 0 fully saturated rings. The fraction of sp³-hybridized carbons (Fsp3) is 0.238. The van der Waals surface area contributed by atoms with Crippen molar-refractivity contribution in [3.8, 4) is 11.4 Å². The molecule has 0 aliphatic carbocycles. The van der Waals surface area contributed by atoms with E-state index < -0.39 is 0 Å². The van der Waals surface area contributed by atoms with E-state index in [-0.39, 0.29) is 5.91 Å². The van der Waals surface area contributed by atoms with E-state index in [9.17, 15) is 4.79 Å². The first-order chi connectivity index (χ1) is 13.5. The highest BCUT2D eigenvalue weighted by Gasteiger charge is 2.11. The molecule has 0 aliphatic rings. The number of carbonyl (C=O) groups excluding carboxylic acids is 1. The largest absolute Gasteiger partial charge is 0.494 e. The second kappa shape index (κ2) is 9.39. The lowest BCUT2D eigenvalue weighted by Crippen LogP contribution is -2.15. The summed E-state index contributed by atoms with van der Waals surface area (Å²) in [5, 5.41) is 7.77. The number of ether oxygens (including phenoxy) is 1. The summed E-state index contributed by atoms with van der Waals surface area (Å²) in [6.07, 6.45) is 2.69. The predicted octanol–water partition coefficient (Wildman–Crippen LogP) is 4.11. The summed E-state index contributed by atoms with van der Waals surface area (Å²) < 4.78 is 7.31. The van der Waals surface area contributed by atoms with Gasteiger partial charge < -0.3 is 15.0 Å². The van der Waals surface area contributed by atoms with Crippen LogP contribution < -0.4 is 10.1 Å². The number of hydrogen-bond acceptors (Lipinski definition) is 4. The quantitative estimate of drug-likeness (QED) is 0.580. The molecule has 1 N–H and O–H groups in total. The lowest BCUT2D eigenvalue weighted by molar-refractivity contribution is 0.102. The number of carbonyl (C=O) groups is 1. The molecule has 1 aromatic heterocycles. The summed E-state index contributed by atoms with van der Waals surface area (Å²) in [7, 11) is 4.07. The van der Waals surface area contributed by atoms with Crippen molar-refractivity contribution < 1.29 is 9.53 Å². The van der Waals surface area contributed by atoms with Crippen LogP contribution in [0.25, 0.3) is 5.69 Å². The Labute approximate surface area is 169 Å². The Balaban J connectivity index is 1.56. The van der Waals surface area contributed by atoms with E-state index in [0.29, 0.717) is 23.0 Å². The van der Waals surface area contributed by atoms with Gasteiger partial charge in [-0.3, -0.25) is 4.79 Å². The molecular weight excluding hydrogens is 376 g/mol. The number of hydrogen-bond donors (Lipinski definition) is 1. The monoisotopic (exact) mass is 398 g/mol. The van der Waals surface area contributed by atoms with Gasteiger partial charge in [0.1, 0.15) is 5.75 Å². The Morgan fingerprint density at radius 1 is 1.18 bits per heavy atom. The molecular formula is C21H23ClN4O2. The zero-order chi connectivity index (χ0) is 19.9. The third kappa shape index (κ3) is 5.58. The molecule has 1 amide bonds. The third-order valence-electron chi connectivity index (χ3n) is 4.03. The van der Waals surface area contributed by atoms with Gasteiger partial charge in [0.15, 0.2) is 5.69 Å². The lowest BCUT2D eigenvalue weighted by atomic mass is 10.3. The molecule has 0 radical (unpaired) electrons. The van der Waals surface area contributed by atoms with E-state index in [2.05, 4.69) is 15.3 Å². The van der Waals surface area contributed by atoms with Crippen molar-refractivity contribution >= 4 is 23.2 Å². The Morgan fingerprint density at radius 3 is 2.68 bits per heavy atom. The predicted molar refractivity (Wildman–Crippen MR) is 112 cm³/mol. The number of nitrogens with one attached hydrogen (secondary N) is 1. The van der Waals surface area contributed by atoms with Crippen molar-refractivity contribution in [3.05, 3.63) is 71.5 Å². The maximum absolute atomic E-state index is 12.4. The molecule has 2 aromatic carbocycles. The van der Waals surface area contributed by atoms with E-state index in [1.165, 1.54) is 0 Å². The Kier molecular flexibility index (Phi) is 6.68. The van der Waals surface area contributed by atoms with E-state index in [0.717, 1.165) is 24.4 Å². The lowest BCUT2D eigenvalue weighted by Gasteiger charge is -2.10. The Morgan fingerprint density at radius 2 is 1.96 bits per heavy atom. The van der Waals surface area contributed by atoms with Crippen LogP contribution in [0.1, 0.15) is 16.9 Å². The molecule has 3 rings (SSSR count). The first-order valence-corrected chi connectivity index (χ1v) is 9.39. The van der Waals surface area contributed by atoms with Crippen LogP contribution in [0.15, 0.2) is 60.8 Å². The first-order valence-electron chi connectivity index (χ1n) is 9.02. The average Bonchev–Trinajstić information content (AvgIpc) is 3.17. The number of anilines is 1. The zero-order valence-electron chi connectivity index (χ0n) is 15.9.